The van der Waals surface area contributed by atoms with Crippen LogP contribution >= 0.6 is 0 Å². The predicted molar refractivity (Wildman–Crippen MR) is 77.3 cm³/mol. The van der Waals surface area contributed by atoms with E-state index in [-0.39, 0.29) is 11.8 Å². The summed E-state index contributed by atoms with van der Waals surface area (Å²) in [6.07, 6.45) is 1.31. The Morgan fingerprint density at radius 3 is 2.53 bits per heavy atom. The van der Waals surface area contributed by atoms with Crippen molar-refractivity contribution in [3.8, 4) is 5.75 Å². The van der Waals surface area contributed by atoms with Crippen LogP contribution in [0, 0.1) is 0 Å². The summed E-state index contributed by atoms with van der Waals surface area (Å²) in [4.78, 5) is 11.1. The van der Waals surface area contributed by atoms with Gasteiger partial charge in [0, 0.05) is 6.42 Å². The highest BCUT2D eigenvalue weighted by atomic mass is 16.5. The molecule has 1 atom stereocenters. The average Bonchev–Trinajstić information content (AvgIpc) is 2.43. The van der Waals surface area contributed by atoms with Crippen LogP contribution in [0.3, 0.4) is 0 Å². The quantitative estimate of drug-likeness (QED) is 0.894. The second-order valence-electron chi connectivity index (χ2n) is 4.75. The molecule has 0 aliphatic rings. The van der Waals surface area contributed by atoms with Crippen LogP contribution in [0.4, 0.5) is 0 Å². The van der Waals surface area contributed by atoms with Gasteiger partial charge in [0.05, 0.1) is 7.11 Å². The zero-order valence-corrected chi connectivity index (χ0v) is 11.3. The molecule has 100 valence electrons. The molecule has 1 amide bonds. The van der Waals surface area contributed by atoms with Crippen molar-refractivity contribution in [1.82, 2.24) is 0 Å². The Labute approximate surface area is 113 Å². The van der Waals surface area contributed by atoms with Gasteiger partial charge in [-0.05, 0) is 40.8 Å². The van der Waals surface area contributed by atoms with Crippen LogP contribution in [0.2, 0.25) is 0 Å². The summed E-state index contributed by atoms with van der Waals surface area (Å²) < 4.78 is 5.21. The molecule has 2 rings (SSSR count). The number of amides is 1. The van der Waals surface area contributed by atoms with Crippen molar-refractivity contribution in [2.24, 2.45) is 5.73 Å². The van der Waals surface area contributed by atoms with Gasteiger partial charge in [0.15, 0.2) is 0 Å². The topological polar surface area (TPSA) is 52.3 Å². The highest BCUT2D eigenvalue weighted by molar-refractivity contribution is 5.85. The molecule has 0 fully saturated rings. The second-order valence-corrected chi connectivity index (χ2v) is 4.75. The number of hydrogen-bond donors (Lipinski definition) is 1. The van der Waals surface area contributed by atoms with E-state index in [1.54, 1.807) is 7.11 Å². The third-order valence-electron chi connectivity index (χ3n) is 3.48. The molecule has 0 aromatic heterocycles. The molecular weight excluding hydrogens is 238 g/mol. The highest BCUT2D eigenvalue weighted by Crippen LogP contribution is 2.28. The lowest BCUT2D eigenvalue weighted by Crippen LogP contribution is -2.14. The Bertz CT molecular complexity index is 592. The Hall–Kier alpha value is -2.03. The minimum absolute atomic E-state index is 0.198. The van der Waals surface area contributed by atoms with Crippen LogP contribution in [0.5, 0.6) is 5.75 Å². The van der Waals surface area contributed by atoms with Gasteiger partial charge >= 0.3 is 0 Å². The van der Waals surface area contributed by atoms with E-state index in [1.807, 2.05) is 18.2 Å². The van der Waals surface area contributed by atoms with E-state index in [0.717, 1.165) is 22.9 Å². The monoisotopic (exact) mass is 257 g/mol. The first kappa shape index (κ1) is 13.4. The molecule has 2 aromatic carbocycles. The minimum Gasteiger partial charge on any atom is -0.497 e. The van der Waals surface area contributed by atoms with E-state index >= 15 is 0 Å². The van der Waals surface area contributed by atoms with Crippen LogP contribution < -0.4 is 10.5 Å². The van der Waals surface area contributed by atoms with Crippen molar-refractivity contribution < 1.29 is 9.53 Å². The van der Waals surface area contributed by atoms with Gasteiger partial charge in [0.1, 0.15) is 5.75 Å². The van der Waals surface area contributed by atoms with Gasteiger partial charge in [-0.1, -0.05) is 31.2 Å². The average molecular weight is 257 g/mol. The first-order chi connectivity index (χ1) is 9.13. The zero-order chi connectivity index (χ0) is 13.8. The van der Waals surface area contributed by atoms with Crippen molar-refractivity contribution >= 4 is 16.7 Å². The maximum Gasteiger partial charge on any atom is 0.218 e. The van der Waals surface area contributed by atoms with Gasteiger partial charge in [0.2, 0.25) is 5.91 Å². The molecule has 0 saturated heterocycles. The smallest absolute Gasteiger partial charge is 0.218 e. The number of fused-ring (bicyclic) bond motifs is 1. The second kappa shape index (κ2) is 5.74. The molecule has 0 unspecified atom stereocenters. The Balaban J connectivity index is 2.37. The summed E-state index contributed by atoms with van der Waals surface area (Å²) in [5, 5.41) is 2.29. The number of nitrogens with two attached hydrogens (primary N) is 1. The molecule has 0 bridgehead atoms. The van der Waals surface area contributed by atoms with E-state index in [4.69, 9.17) is 10.5 Å². The Morgan fingerprint density at radius 1 is 1.21 bits per heavy atom. The molecule has 19 heavy (non-hydrogen) atoms. The largest absolute Gasteiger partial charge is 0.497 e. The van der Waals surface area contributed by atoms with Crippen LogP contribution in [-0.4, -0.2) is 13.0 Å². The van der Waals surface area contributed by atoms with Crippen LogP contribution in [-0.2, 0) is 4.79 Å². The van der Waals surface area contributed by atoms with Gasteiger partial charge in [0.25, 0.3) is 0 Å². The maximum atomic E-state index is 11.1. The lowest BCUT2D eigenvalue weighted by Gasteiger charge is -2.14. The van der Waals surface area contributed by atoms with Crippen LogP contribution in [0.1, 0.15) is 31.2 Å². The number of carbonyl (C=O) groups is 1. The van der Waals surface area contributed by atoms with Crippen molar-refractivity contribution in [3.63, 3.8) is 0 Å². The molecule has 3 nitrogen and oxygen atoms in total. The van der Waals surface area contributed by atoms with Gasteiger partial charge < -0.3 is 10.5 Å². The normalized spacial score (nSPS) is 12.3. The molecule has 2 N–H and O–H groups in total. The lowest BCUT2D eigenvalue weighted by atomic mass is 9.91. The lowest BCUT2D eigenvalue weighted by molar-refractivity contribution is -0.118. The molecule has 0 radical (unpaired) electrons. The Morgan fingerprint density at radius 2 is 1.89 bits per heavy atom. The van der Waals surface area contributed by atoms with Gasteiger partial charge in [-0.15, -0.1) is 0 Å². The van der Waals surface area contributed by atoms with Gasteiger partial charge in [-0.25, -0.2) is 0 Å². The first-order valence-electron chi connectivity index (χ1n) is 6.50. The molecule has 0 spiro atoms. The summed E-state index contributed by atoms with van der Waals surface area (Å²) in [6, 6.07) is 12.3. The van der Waals surface area contributed by atoms with Gasteiger partial charge in [-0.3, -0.25) is 4.79 Å². The van der Waals surface area contributed by atoms with Crippen LogP contribution in [0.25, 0.3) is 10.8 Å². The summed E-state index contributed by atoms with van der Waals surface area (Å²) in [5.74, 6) is 0.801. The van der Waals surface area contributed by atoms with E-state index in [2.05, 4.69) is 25.1 Å². The predicted octanol–water partition coefficient (Wildman–Crippen LogP) is 3.22. The number of carbonyl (C=O) groups excluding carboxylic acids is 1. The standard InChI is InChI=1S/C16H19NO2/c1-3-11(10-16(17)18)12-4-5-14-9-15(19-2)7-6-13(14)8-12/h4-9,11H,3,10H2,1-2H3,(H2,17,18)/t11-/m0/s1. The fraction of sp³-hybridized carbons (Fsp3) is 0.312. The highest BCUT2D eigenvalue weighted by Gasteiger charge is 2.12. The number of methoxy groups -OCH3 is 1. The number of ether oxygens (including phenoxy) is 1. The SMILES string of the molecule is CC[C@@H](CC(N)=O)c1ccc2cc(OC)ccc2c1. The molecule has 3 heteroatoms. The van der Waals surface area contributed by atoms with E-state index in [0.29, 0.717) is 6.42 Å². The van der Waals surface area contributed by atoms with E-state index in [1.165, 1.54) is 5.56 Å². The summed E-state index contributed by atoms with van der Waals surface area (Å²) in [7, 11) is 1.66. The third kappa shape index (κ3) is 3.05. The maximum absolute atomic E-state index is 11.1. The van der Waals surface area contributed by atoms with Crippen molar-refractivity contribution in [2.45, 2.75) is 25.7 Å². The fourth-order valence-electron chi connectivity index (χ4n) is 2.36. The zero-order valence-electron chi connectivity index (χ0n) is 11.3. The molecule has 0 heterocycles. The molecule has 0 aliphatic carbocycles. The molecule has 0 saturated carbocycles. The van der Waals surface area contributed by atoms with Crippen molar-refractivity contribution in [2.75, 3.05) is 7.11 Å². The Kier molecular flexibility index (Phi) is 4.05. The first-order valence-corrected chi connectivity index (χ1v) is 6.50. The third-order valence-corrected chi connectivity index (χ3v) is 3.48. The molecule has 2 aromatic rings. The molecular formula is C16H19NO2. The summed E-state index contributed by atoms with van der Waals surface area (Å²) in [5.41, 5.74) is 6.47. The van der Waals surface area contributed by atoms with Crippen molar-refractivity contribution in [1.29, 1.82) is 0 Å². The number of benzene rings is 2. The summed E-state index contributed by atoms with van der Waals surface area (Å²) in [6.45, 7) is 2.08. The molecule has 0 aliphatic heterocycles. The van der Waals surface area contributed by atoms with E-state index in [9.17, 15) is 4.79 Å². The van der Waals surface area contributed by atoms with Crippen molar-refractivity contribution in [3.05, 3.63) is 42.0 Å². The van der Waals surface area contributed by atoms with E-state index < -0.39 is 0 Å². The summed E-state index contributed by atoms with van der Waals surface area (Å²) >= 11 is 0. The number of hydrogen-bond acceptors (Lipinski definition) is 2. The fourth-order valence-corrected chi connectivity index (χ4v) is 2.36. The van der Waals surface area contributed by atoms with Crippen LogP contribution in [0.15, 0.2) is 36.4 Å². The number of primary amides is 1. The minimum atomic E-state index is -0.248. The number of rotatable bonds is 5. The van der Waals surface area contributed by atoms with Gasteiger partial charge in [-0.2, -0.15) is 0 Å².